The Hall–Kier alpha value is -0.910. The van der Waals surface area contributed by atoms with Crippen molar-refractivity contribution in [1.29, 1.82) is 0 Å². The summed E-state index contributed by atoms with van der Waals surface area (Å²) in [6, 6.07) is 9.35. The number of rotatable bonds is 5. The van der Waals surface area contributed by atoms with Gasteiger partial charge in [-0.1, -0.05) is 30.3 Å². The lowest BCUT2D eigenvalue weighted by molar-refractivity contribution is 0.0635. The SMILES string of the molecule is CS(=O)(=O)C(O)COCc1ccccc1. The predicted octanol–water partition coefficient (Wildman–Crippen LogP) is 0.566. The molecule has 84 valence electrons. The van der Waals surface area contributed by atoms with Crippen LogP contribution in [0.5, 0.6) is 0 Å². The molecule has 0 spiro atoms. The van der Waals surface area contributed by atoms with Gasteiger partial charge in [0.1, 0.15) is 0 Å². The van der Waals surface area contributed by atoms with E-state index in [0.717, 1.165) is 11.8 Å². The van der Waals surface area contributed by atoms with E-state index in [1.165, 1.54) is 0 Å². The second kappa shape index (κ2) is 5.25. The number of aliphatic hydroxyl groups is 1. The summed E-state index contributed by atoms with van der Waals surface area (Å²) in [4.78, 5) is 0. The van der Waals surface area contributed by atoms with Crippen LogP contribution in [0.3, 0.4) is 0 Å². The fourth-order valence-corrected chi connectivity index (χ4v) is 1.32. The van der Waals surface area contributed by atoms with E-state index in [0.29, 0.717) is 6.61 Å². The zero-order valence-electron chi connectivity index (χ0n) is 8.46. The Morgan fingerprint density at radius 3 is 2.47 bits per heavy atom. The van der Waals surface area contributed by atoms with Crippen LogP contribution in [0.15, 0.2) is 30.3 Å². The lowest BCUT2D eigenvalue weighted by atomic mass is 10.2. The van der Waals surface area contributed by atoms with Crippen molar-refractivity contribution in [3.05, 3.63) is 35.9 Å². The molecular formula is C10H14O4S. The molecule has 1 unspecified atom stereocenters. The van der Waals surface area contributed by atoms with Crippen LogP contribution < -0.4 is 0 Å². The zero-order chi connectivity index (χ0) is 11.3. The third kappa shape index (κ3) is 4.42. The summed E-state index contributed by atoms with van der Waals surface area (Å²) in [6.45, 7) is 0.0984. The highest BCUT2D eigenvalue weighted by Crippen LogP contribution is 2.02. The van der Waals surface area contributed by atoms with Crippen LogP contribution in [0.25, 0.3) is 0 Å². The quantitative estimate of drug-likeness (QED) is 0.803. The highest BCUT2D eigenvalue weighted by Gasteiger charge is 2.16. The van der Waals surface area contributed by atoms with Crippen molar-refractivity contribution in [2.24, 2.45) is 0 Å². The maximum Gasteiger partial charge on any atom is 0.178 e. The summed E-state index contributed by atoms with van der Waals surface area (Å²) >= 11 is 0. The third-order valence-corrected chi connectivity index (χ3v) is 2.99. The van der Waals surface area contributed by atoms with E-state index in [9.17, 15) is 8.42 Å². The Balaban J connectivity index is 2.35. The van der Waals surface area contributed by atoms with Crippen molar-refractivity contribution in [2.75, 3.05) is 12.9 Å². The van der Waals surface area contributed by atoms with Gasteiger partial charge < -0.3 is 9.84 Å². The molecule has 1 atom stereocenters. The number of aliphatic hydroxyl groups excluding tert-OH is 1. The van der Waals surface area contributed by atoms with E-state index in [-0.39, 0.29) is 6.61 Å². The van der Waals surface area contributed by atoms with E-state index in [2.05, 4.69) is 0 Å². The highest BCUT2D eigenvalue weighted by molar-refractivity contribution is 7.91. The molecule has 0 heterocycles. The van der Waals surface area contributed by atoms with Gasteiger partial charge in [-0.3, -0.25) is 0 Å². The van der Waals surface area contributed by atoms with Gasteiger partial charge in [0, 0.05) is 6.26 Å². The Morgan fingerprint density at radius 2 is 1.93 bits per heavy atom. The Kier molecular flexibility index (Phi) is 4.26. The average molecular weight is 230 g/mol. The summed E-state index contributed by atoms with van der Waals surface area (Å²) in [7, 11) is -3.43. The van der Waals surface area contributed by atoms with Gasteiger partial charge in [-0.2, -0.15) is 0 Å². The van der Waals surface area contributed by atoms with Gasteiger partial charge in [0.05, 0.1) is 13.2 Å². The molecule has 0 amide bonds. The van der Waals surface area contributed by atoms with Gasteiger partial charge in [-0.15, -0.1) is 0 Å². The largest absolute Gasteiger partial charge is 0.375 e. The van der Waals surface area contributed by atoms with Crippen LogP contribution in [0.4, 0.5) is 0 Å². The van der Waals surface area contributed by atoms with Gasteiger partial charge in [-0.05, 0) is 5.56 Å². The first kappa shape index (κ1) is 12.2. The van der Waals surface area contributed by atoms with Gasteiger partial charge in [-0.25, -0.2) is 8.42 Å². The normalized spacial score (nSPS) is 13.7. The Morgan fingerprint density at radius 1 is 1.33 bits per heavy atom. The fraction of sp³-hybridized carbons (Fsp3) is 0.400. The summed E-state index contributed by atoms with van der Waals surface area (Å²) in [5.41, 5.74) is -0.501. The van der Waals surface area contributed by atoms with E-state index in [1.807, 2.05) is 30.3 Å². The molecule has 1 rings (SSSR count). The molecule has 0 aromatic heterocycles. The van der Waals surface area contributed by atoms with Crippen LogP contribution >= 0.6 is 0 Å². The molecule has 0 aliphatic carbocycles. The maximum atomic E-state index is 10.8. The van der Waals surface area contributed by atoms with Crippen molar-refractivity contribution in [2.45, 2.75) is 12.0 Å². The molecule has 0 bridgehead atoms. The molecule has 1 aromatic rings. The molecule has 0 saturated carbocycles. The molecule has 15 heavy (non-hydrogen) atoms. The smallest absolute Gasteiger partial charge is 0.178 e. The zero-order valence-corrected chi connectivity index (χ0v) is 9.28. The van der Waals surface area contributed by atoms with Crippen molar-refractivity contribution in [1.82, 2.24) is 0 Å². The van der Waals surface area contributed by atoms with E-state index >= 15 is 0 Å². The highest BCUT2D eigenvalue weighted by atomic mass is 32.2. The molecule has 0 radical (unpaired) electrons. The monoisotopic (exact) mass is 230 g/mol. The standard InChI is InChI=1S/C10H14O4S/c1-15(12,13)10(11)8-14-7-9-5-3-2-4-6-9/h2-6,10-11H,7-8H2,1H3. The van der Waals surface area contributed by atoms with E-state index in [4.69, 9.17) is 9.84 Å². The van der Waals surface area contributed by atoms with Crippen LogP contribution in [0, 0.1) is 0 Å². The second-order valence-electron chi connectivity index (χ2n) is 3.28. The molecule has 0 aliphatic heterocycles. The van der Waals surface area contributed by atoms with Crippen LogP contribution in [-0.2, 0) is 21.2 Å². The first-order valence-corrected chi connectivity index (χ1v) is 6.44. The van der Waals surface area contributed by atoms with Crippen LogP contribution in [0.1, 0.15) is 5.56 Å². The van der Waals surface area contributed by atoms with Crippen molar-refractivity contribution < 1.29 is 18.3 Å². The van der Waals surface area contributed by atoms with Crippen molar-refractivity contribution in [3.63, 3.8) is 0 Å². The summed E-state index contributed by atoms with van der Waals surface area (Å²) in [5.74, 6) is 0. The summed E-state index contributed by atoms with van der Waals surface area (Å²) < 4.78 is 26.8. The number of ether oxygens (including phenoxy) is 1. The van der Waals surface area contributed by atoms with Gasteiger partial charge in [0.15, 0.2) is 15.3 Å². The fourth-order valence-electron chi connectivity index (χ4n) is 0.975. The van der Waals surface area contributed by atoms with Gasteiger partial charge >= 0.3 is 0 Å². The number of hydrogen-bond acceptors (Lipinski definition) is 4. The molecular weight excluding hydrogens is 216 g/mol. The molecule has 0 fully saturated rings. The minimum atomic E-state index is -3.43. The summed E-state index contributed by atoms with van der Waals surface area (Å²) in [5, 5.41) is 9.15. The predicted molar refractivity (Wildman–Crippen MR) is 56.9 cm³/mol. The third-order valence-electron chi connectivity index (χ3n) is 1.87. The van der Waals surface area contributed by atoms with Crippen molar-refractivity contribution >= 4 is 9.84 Å². The van der Waals surface area contributed by atoms with Gasteiger partial charge in [0.25, 0.3) is 0 Å². The van der Waals surface area contributed by atoms with E-state index < -0.39 is 15.3 Å². The first-order valence-electron chi connectivity index (χ1n) is 4.49. The Bertz CT molecular complexity index is 385. The van der Waals surface area contributed by atoms with E-state index in [1.54, 1.807) is 0 Å². The molecule has 1 N–H and O–H groups in total. The lowest BCUT2D eigenvalue weighted by Gasteiger charge is -2.09. The average Bonchev–Trinajstić information content (AvgIpc) is 2.18. The molecule has 5 heteroatoms. The summed E-state index contributed by atoms with van der Waals surface area (Å²) in [6.07, 6.45) is 0.976. The second-order valence-corrected chi connectivity index (χ2v) is 5.49. The number of sulfone groups is 1. The number of benzene rings is 1. The minimum Gasteiger partial charge on any atom is -0.375 e. The molecule has 1 aromatic carbocycles. The number of hydrogen-bond donors (Lipinski definition) is 1. The maximum absolute atomic E-state index is 10.8. The molecule has 0 aliphatic rings. The molecule has 0 saturated heterocycles. The lowest BCUT2D eigenvalue weighted by Crippen LogP contribution is -2.24. The first-order chi connectivity index (χ1) is 7.00. The van der Waals surface area contributed by atoms with Crippen LogP contribution in [0.2, 0.25) is 0 Å². The van der Waals surface area contributed by atoms with Crippen molar-refractivity contribution in [3.8, 4) is 0 Å². The van der Waals surface area contributed by atoms with Crippen LogP contribution in [-0.4, -0.2) is 31.8 Å². The van der Waals surface area contributed by atoms with Gasteiger partial charge in [0.2, 0.25) is 0 Å². The topological polar surface area (TPSA) is 63.6 Å². The molecule has 4 nitrogen and oxygen atoms in total. The minimum absolute atomic E-state index is 0.201. The Labute approximate surface area is 89.4 Å².